The number of aliphatic hydroxyl groups excluding tert-OH is 1. The number of nitrogens with zero attached hydrogens (tertiary/aromatic N) is 2. The van der Waals surface area contributed by atoms with Crippen molar-refractivity contribution in [3.63, 3.8) is 0 Å². The van der Waals surface area contributed by atoms with E-state index in [1.807, 2.05) is 42.7 Å². The number of thioether (sulfide) groups is 1. The number of carbonyl (C=O) groups excluding carboxylic acids is 1. The largest absolute Gasteiger partial charge is 0.388 e. The van der Waals surface area contributed by atoms with E-state index in [-0.39, 0.29) is 11.9 Å². The van der Waals surface area contributed by atoms with Crippen LogP contribution in [0.25, 0.3) is 11.0 Å². The van der Waals surface area contributed by atoms with Gasteiger partial charge in [0, 0.05) is 42.7 Å². The molecule has 0 saturated carbocycles. The van der Waals surface area contributed by atoms with Crippen LogP contribution in [0.5, 0.6) is 0 Å². The highest BCUT2D eigenvalue weighted by molar-refractivity contribution is 8.04. The number of H-pyrrole nitrogens is 1. The van der Waals surface area contributed by atoms with Gasteiger partial charge in [-0.1, -0.05) is 24.3 Å². The zero-order valence-electron chi connectivity index (χ0n) is 16.1. The lowest BCUT2D eigenvalue weighted by Crippen LogP contribution is -2.32. The molecule has 0 spiro atoms. The third-order valence-corrected chi connectivity index (χ3v) is 6.63. The topological polar surface area (TPSA) is 81.2 Å². The first-order valence-corrected chi connectivity index (χ1v) is 10.7. The molecule has 3 aromatic rings. The van der Waals surface area contributed by atoms with Gasteiger partial charge in [-0.05, 0) is 29.7 Å². The van der Waals surface area contributed by atoms with Crippen molar-refractivity contribution in [2.45, 2.75) is 25.5 Å². The molecule has 3 heterocycles. The highest BCUT2D eigenvalue weighted by Gasteiger charge is 2.31. The van der Waals surface area contributed by atoms with Crippen LogP contribution in [0.15, 0.2) is 53.8 Å². The van der Waals surface area contributed by atoms with Crippen molar-refractivity contribution >= 4 is 34.4 Å². The number of aryl methyl sites for hydroxylation is 1. The van der Waals surface area contributed by atoms with E-state index in [2.05, 4.69) is 27.1 Å². The monoisotopic (exact) mass is 406 g/mol. The summed E-state index contributed by atoms with van der Waals surface area (Å²) in [5.41, 5.74) is 4.96. The second kappa shape index (κ2) is 7.24. The maximum absolute atomic E-state index is 13.0. The van der Waals surface area contributed by atoms with Crippen molar-refractivity contribution in [1.29, 1.82) is 0 Å². The fraction of sp³-hybridized carbons (Fsp3) is 0.273. The quantitative estimate of drug-likeness (QED) is 0.620. The summed E-state index contributed by atoms with van der Waals surface area (Å²) in [6, 6.07) is 9.60. The summed E-state index contributed by atoms with van der Waals surface area (Å²) in [4.78, 5) is 23.4. The summed E-state index contributed by atoms with van der Waals surface area (Å²) in [6.07, 6.45) is 5.67. The van der Waals surface area contributed by atoms with Crippen LogP contribution in [-0.2, 0) is 4.79 Å². The van der Waals surface area contributed by atoms with Crippen LogP contribution in [-0.4, -0.2) is 33.3 Å². The lowest BCUT2D eigenvalue weighted by molar-refractivity contribution is -0.117. The van der Waals surface area contributed by atoms with E-state index in [9.17, 15) is 9.90 Å². The molecule has 148 valence electrons. The van der Waals surface area contributed by atoms with Crippen LogP contribution >= 0.6 is 11.8 Å². The first kappa shape index (κ1) is 18.3. The van der Waals surface area contributed by atoms with Crippen LogP contribution in [0.3, 0.4) is 0 Å². The number of fused-ring (bicyclic) bond motifs is 2. The molecule has 1 aromatic carbocycles. The molecule has 0 radical (unpaired) electrons. The van der Waals surface area contributed by atoms with Crippen LogP contribution in [0.4, 0.5) is 5.69 Å². The number of hydrogen-bond donors (Lipinski definition) is 3. The Hall–Kier alpha value is -2.77. The van der Waals surface area contributed by atoms with E-state index < -0.39 is 6.10 Å². The van der Waals surface area contributed by atoms with Crippen molar-refractivity contribution in [2.24, 2.45) is 0 Å². The average Bonchev–Trinajstić information content (AvgIpc) is 3.28. The van der Waals surface area contributed by atoms with Crippen molar-refractivity contribution in [2.75, 3.05) is 17.2 Å². The van der Waals surface area contributed by atoms with Crippen LogP contribution in [0, 0.1) is 6.92 Å². The van der Waals surface area contributed by atoms with Gasteiger partial charge in [-0.2, -0.15) is 0 Å². The number of aromatic nitrogens is 2. The fourth-order valence-electron chi connectivity index (χ4n) is 4.22. The van der Waals surface area contributed by atoms with Gasteiger partial charge in [0.05, 0.1) is 22.7 Å². The summed E-state index contributed by atoms with van der Waals surface area (Å²) in [5.74, 6) is 0.737. The molecule has 0 unspecified atom stereocenters. The van der Waals surface area contributed by atoms with Gasteiger partial charge in [-0.25, -0.2) is 4.98 Å². The third-order valence-electron chi connectivity index (χ3n) is 5.64. The summed E-state index contributed by atoms with van der Waals surface area (Å²) in [5, 5.41) is 14.5. The number of aliphatic hydroxyl groups is 1. The molecule has 5 rings (SSSR count). The zero-order valence-corrected chi connectivity index (χ0v) is 16.9. The number of rotatable bonds is 3. The number of nitrogens with one attached hydrogen (secondary N) is 2. The second-order valence-corrected chi connectivity index (χ2v) is 8.60. The summed E-state index contributed by atoms with van der Waals surface area (Å²) in [6.45, 7) is 2.89. The third kappa shape index (κ3) is 3.20. The van der Waals surface area contributed by atoms with Gasteiger partial charge in [-0.3, -0.25) is 4.79 Å². The minimum absolute atomic E-state index is 0.0929. The SMILES string of the molecule is Cc1c[nH]c2nccc(N3C=C(C(=O)N[C@@H]4C[C@H](O)c5ccccc54)SCC3)c12. The van der Waals surface area contributed by atoms with E-state index in [1.54, 1.807) is 18.0 Å². The Morgan fingerprint density at radius 1 is 1.31 bits per heavy atom. The molecule has 0 saturated heterocycles. The van der Waals surface area contributed by atoms with Crippen molar-refractivity contribution in [3.05, 3.63) is 70.5 Å². The van der Waals surface area contributed by atoms with Crippen molar-refractivity contribution in [3.8, 4) is 0 Å². The van der Waals surface area contributed by atoms with E-state index >= 15 is 0 Å². The lowest BCUT2D eigenvalue weighted by Gasteiger charge is -2.27. The van der Waals surface area contributed by atoms with Gasteiger partial charge < -0.3 is 20.3 Å². The van der Waals surface area contributed by atoms with E-state index in [4.69, 9.17) is 0 Å². The molecule has 1 aliphatic heterocycles. The Kier molecular flexibility index (Phi) is 4.56. The van der Waals surface area contributed by atoms with Gasteiger partial charge in [0.15, 0.2) is 0 Å². The van der Waals surface area contributed by atoms with Crippen LogP contribution in [0.2, 0.25) is 0 Å². The van der Waals surface area contributed by atoms with E-state index in [1.165, 1.54) is 0 Å². The number of hydrogen-bond acceptors (Lipinski definition) is 5. The number of amides is 1. The Bertz CT molecular complexity index is 1120. The van der Waals surface area contributed by atoms with Crippen molar-refractivity contribution < 1.29 is 9.90 Å². The van der Waals surface area contributed by atoms with Crippen LogP contribution in [0.1, 0.15) is 35.3 Å². The molecular formula is C22H22N4O2S. The highest BCUT2D eigenvalue weighted by Crippen LogP contribution is 2.39. The van der Waals surface area contributed by atoms with Gasteiger partial charge >= 0.3 is 0 Å². The lowest BCUT2D eigenvalue weighted by atomic mass is 10.1. The smallest absolute Gasteiger partial charge is 0.259 e. The number of benzene rings is 1. The molecular weight excluding hydrogens is 384 g/mol. The zero-order chi connectivity index (χ0) is 20.0. The number of carbonyl (C=O) groups is 1. The highest BCUT2D eigenvalue weighted by atomic mass is 32.2. The summed E-state index contributed by atoms with van der Waals surface area (Å²) >= 11 is 1.57. The number of aromatic amines is 1. The maximum atomic E-state index is 13.0. The minimum Gasteiger partial charge on any atom is -0.388 e. The Balaban J connectivity index is 1.41. The molecule has 2 aliphatic rings. The van der Waals surface area contributed by atoms with Crippen molar-refractivity contribution in [1.82, 2.24) is 15.3 Å². The Labute approximate surface area is 173 Å². The number of anilines is 1. The molecule has 3 N–H and O–H groups in total. The Morgan fingerprint density at radius 3 is 3.00 bits per heavy atom. The first-order chi connectivity index (χ1) is 14.1. The molecule has 7 heteroatoms. The summed E-state index contributed by atoms with van der Waals surface area (Å²) < 4.78 is 0. The average molecular weight is 407 g/mol. The predicted octanol–water partition coefficient (Wildman–Crippen LogP) is 3.56. The molecule has 1 aliphatic carbocycles. The van der Waals surface area contributed by atoms with E-state index in [0.29, 0.717) is 11.3 Å². The fourth-order valence-corrected chi connectivity index (χ4v) is 5.12. The Morgan fingerprint density at radius 2 is 2.14 bits per heavy atom. The molecule has 2 atom stereocenters. The van der Waals surface area contributed by atoms with Gasteiger partial charge in [0.1, 0.15) is 5.65 Å². The maximum Gasteiger partial charge on any atom is 0.259 e. The second-order valence-electron chi connectivity index (χ2n) is 7.47. The van der Waals surface area contributed by atoms with Gasteiger partial charge in [0.25, 0.3) is 5.91 Å². The van der Waals surface area contributed by atoms with Gasteiger partial charge in [-0.15, -0.1) is 11.8 Å². The van der Waals surface area contributed by atoms with E-state index in [0.717, 1.165) is 45.7 Å². The number of pyridine rings is 1. The molecule has 2 aromatic heterocycles. The van der Waals surface area contributed by atoms with Gasteiger partial charge in [0.2, 0.25) is 0 Å². The molecule has 0 fully saturated rings. The minimum atomic E-state index is -0.525. The predicted molar refractivity (Wildman–Crippen MR) is 116 cm³/mol. The standard InChI is InChI=1S/C22H22N4O2S/c1-13-11-24-21-20(13)17(6-7-23-21)26-8-9-29-19(12-26)22(28)25-16-10-18(27)15-5-3-2-4-14(15)16/h2-7,11-12,16,18,27H,8-10H2,1H3,(H,23,24)(H,25,28)/t16-,18+/m1/s1. The molecule has 6 nitrogen and oxygen atoms in total. The molecule has 29 heavy (non-hydrogen) atoms. The summed E-state index contributed by atoms with van der Waals surface area (Å²) in [7, 11) is 0. The molecule has 1 amide bonds. The van der Waals surface area contributed by atoms with Crippen LogP contribution < -0.4 is 10.2 Å². The first-order valence-electron chi connectivity index (χ1n) is 9.73. The molecule has 0 bridgehead atoms. The normalized spacial score (nSPS) is 21.2.